The van der Waals surface area contributed by atoms with Gasteiger partial charge in [0, 0.05) is 48.0 Å². The number of alkyl halides is 6. The third kappa shape index (κ3) is 14.9. The van der Waals surface area contributed by atoms with Gasteiger partial charge in [-0.05, 0) is 146 Å². The molecular formula is C61H69ClF6N6O7S2. The predicted octanol–water partition coefficient (Wildman–Crippen LogP) is 13.3. The number of aryl methyl sites for hydroxylation is 2. The van der Waals surface area contributed by atoms with E-state index in [1.165, 1.54) is 60.7 Å². The van der Waals surface area contributed by atoms with E-state index in [4.69, 9.17) is 28.2 Å². The minimum Gasteiger partial charge on any atom is -0.496 e. The average molecular weight is 1210 g/mol. The highest BCUT2D eigenvalue weighted by Gasteiger charge is 2.52. The Hall–Kier alpha value is -6.43. The summed E-state index contributed by atoms with van der Waals surface area (Å²) in [5, 5.41) is 37.1. The maximum Gasteiger partial charge on any atom is 0.419 e. The van der Waals surface area contributed by atoms with E-state index in [0.29, 0.717) is 25.1 Å². The fraction of sp³-hybridized carbons (Fsp3) is 0.344. The Kier molecular flexibility index (Phi) is 22.7. The average Bonchev–Trinajstić information content (AvgIpc) is 4.31. The van der Waals surface area contributed by atoms with Gasteiger partial charge in [0.25, 0.3) is 0 Å². The van der Waals surface area contributed by atoms with Crippen LogP contribution in [-0.2, 0) is 55.9 Å². The second kappa shape index (κ2) is 28.0. The van der Waals surface area contributed by atoms with Gasteiger partial charge in [-0.2, -0.15) is 53.3 Å². The molecule has 3 heterocycles. The van der Waals surface area contributed by atoms with Gasteiger partial charge in [0.05, 0.1) is 44.1 Å². The van der Waals surface area contributed by atoms with Crippen LogP contribution in [-0.4, -0.2) is 86.9 Å². The number of rotatable bonds is 12. The van der Waals surface area contributed by atoms with Crippen LogP contribution in [0.4, 0.5) is 26.3 Å². The summed E-state index contributed by atoms with van der Waals surface area (Å²) in [4.78, 5) is 2.48. The summed E-state index contributed by atoms with van der Waals surface area (Å²) < 4.78 is 109. The van der Waals surface area contributed by atoms with Crippen LogP contribution >= 0.6 is 39.4 Å². The van der Waals surface area contributed by atoms with Crippen LogP contribution in [0.1, 0.15) is 78.6 Å². The summed E-state index contributed by atoms with van der Waals surface area (Å²) in [6.45, 7) is 6.32. The molecule has 0 radical (unpaired) electrons. The van der Waals surface area contributed by atoms with Crippen molar-refractivity contribution in [3.63, 3.8) is 0 Å². The zero-order valence-corrected chi connectivity index (χ0v) is 48.4. The van der Waals surface area contributed by atoms with Gasteiger partial charge in [-0.15, -0.1) is 32.8 Å². The topological polar surface area (TPSA) is 161 Å². The summed E-state index contributed by atoms with van der Waals surface area (Å²) >= 11 is 0. The Labute approximate surface area is 499 Å². The maximum absolute atomic E-state index is 13.5. The van der Waals surface area contributed by atoms with Crippen molar-refractivity contribution in [3.8, 4) is 57.3 Å². The summed E-state index contributed by atoms with van der Waals surface area (Å²) in [5.41, 5.74) is 5.96. The number of methoxy groups -OCH3 is 2. The first-order chi connectivity index (χ1) is 37.9. The highest BCUT2D eigenvalue weighted by atomic mass is 35.5. The number of benzene rings is 6. The normalized spacial score (nSPS) is 17.7. The molecular weight excluding hydrogens is 1140 g/mol. The first-order valence-electron chi connectivity index (χ1n) is 25.6. The van der Waals surface area contributed by atoms with Crippen molar-refractivity contribution in [2.75, 3.05) is 34.5 Å². The van der Waals surface area contributed by atoms with Gasteiger partial charge in [-0.3, -0.25) is 4.90 Å². The summed E-state index contributed by atoms with van der Waals surface area (Å²) in [5.74, 6) is -0.0862. The zero-order chi connectivity index (χ0) is 56.2. The lowest BCUT2D eigenvalue weighted by Gasteiger charge is -2.45. The van der Waals surface area contributed by atoms with Gasteiger partial charge in [0.15, 0.2) is 0 Å². The Morgan fingerprint density at radius 3 is 1.45 bits per heavy atom. The minimum absolute atomic E-state index is 0. The number of nitrogens with one attached hydrogen (secondary N) is 1. The molecule has 6 aromatic carbocycles. The fourth-order valence-electron chi connectivity index (χ4n) is 10.8. The Morgan fingerprint density at radius 1 is 0.578 bits per heavy atom. The molecule has 3 aliphatic rings. The van der Waals surface area contributed by atoms with E-state index in [9.17, 15) is 31.4 Å². The quantitative estimate of drug-likeness (QED) is 0.0992. The van der Waals surface area contributed by atoms with Crippen molar-refractivity contribution in [1.29, 1.82) is 0 Å². The smallest absolute Gasteiger partial charge is 0.419 e. The molecule has 0 amide bonds. The van der Waals surface area contributed by atoms with Crippen LogP contribution in [0, 0.1) is 0 Å². The summed E-state index contributed by atoms with van der Waals surface area (Å²) in [6.07, 6.45) is -4.23. The van der Waals surface area contributed by atoms with Crippen molar-refractivity contribution in [1.82, 2.24) is 30.6 Å². The van der Waals surface area contributed by atoms with Gasteiger partial charge >= 0.3 is 12.4 Å². The minimum atomic E-state index is -4.59. The Balaban J connectivity index is 0.000000283. The molecule has 22 heteroatoms. The number of nitrogens with zero attached hydrogens (tertiary/aromatic N) is 5. The molecule has 1 saturated heterocycles. The Bertz CT molecular complexity index is 3390. The second-order valence-corrected chi connectivity index (χ2v) is 20.3. The van der Waals surface area contributed by atoms with Crippen LogP contribution in [0.2, 0.25) is 0 Å². The fourth-order valence-corrected chi connectivity index (χ4v) is 10.8. The number of halogens is 7. The molecule has 0 bridgehead atoms. The monoisotopic (exact) mass is 1210 g/mol. The lowest BCUT2D eigenvalue weighted by molar-refractivity contribution is -0.139. The largest absolute Gasteiger partial charge is 0.496 e. The van der Waals surface area contributed by atoms with Crippen LogP contribution in [0.25, 0.3) is 45.8 Å². The lowest BCUT2D eigenvalue weighted by Crippen LogP contribution is -2.54. The number of aliphatic hydroxyl groups is 2. The van der Waals surface area contributed by atoms with Gasteiger partial charge in [-0.1, -0.05) is 80.2 Å². The van der Waals surface area contributed by atoms with Crippen LogP contribution < -0.4 is 14.8 Å². The second-order valence-electron chi connectivity index (χ2n) is 20.3. The molecule has 0 saturated carbocycles. The van der Waals surface area contributed by atoms with Crippen molar-refractivity contribution < 1.29 is 59.6 Å². The Morgan fingerprint density at radius 2 is 1.00 bits per heavy atom. The molecule has 11 rings (SSSR count). The highest BCUT2D eigenvalue weighted by Crippen LogP contribution is 2.46. The number of aromatic nitrogens is 4. The van der Waals surface area contributed by atoms with Crippen molar-refractivity contribution >= 4 is 39.4 Å². The zero-order valence-electron chi connectivity index (χ0n) is 45.6. The third-order valence-corrected chi connectivity index (χ3v) is 15.0. The maximum atomic E-state index is 13.5. The first kappa shape index (κ1) is 67.4. The molecule has 0 unspecified atom stereocenters. The SMILES string of the molecule is C.CO.COc1ccc(-c2nnc(-c3ccc4c(c3)C[C@@](CO)(NCc3ccccc3)CC4)o2)cc1C(F)(F)F.COc1ccc(-c2nnc(-c3ccc4c(c3)C[C@@]3(CC4)COC(C)(C)N3Cc3ccccc3)o2)cc1C(F)(F)F.Cl.S.S. The van der Waals surface area contributed by atoms with Gasteiger partial charge < -0.3 is 38.6 Å². The summed E-state index contributed by atoms with van der Waals surface area (Å²) in [6, 6.07) is 39.7. The van der Waals surface area contributed by atoms with E-state index in [1.54, 1.807) is 0 Å². The molecule has 3 N–H and O–H groups in total. The van der Waals surface area contributed by atoms with E-state index < -0.39 is 34.7 Å². The van der Waals surface area contributed by atoms with Crippen molar-refractivity contribution in [2.45, 2.75) is 102 Å². The molecule has 8 aromatic rings. The molecule has 2 aromatic heterocycles. The van der Waals surface area contributed by atoms with Crippen molar-refractivity contribution in [2.24, 2.45) is 0 Å². The first-order valence-corrected chi connectivity index (χ1v) is 25.6. The number of fused-ring (bicyclic) bond motifs is 2. The van der Waals surface area contributed by atoms with E-state index in [1.807, 2.05) is 60.7 Å². The molecule has 2 atom stereocenters. The van der Waals surface area contributed by atoms with E-state index in [-0.39, 0.29) is 105 Å². The van der Waals surface area contributed by atoms with Gasteiger partial charge in [0.1, 0.15) is 17.2 Å². The molecule has 1 spiro atoms. The van der Waals surface area contributed by atoms with Crippen LogP contribution in [0.5, 0.6) is 11.5 Å². The van der Waals surface area contributed by atoms with Gasteiger partial charge in [-0.25, -0.2) is 0 Å². The van der Waals surface area contributed by atoms with E-state index in [0.717, 1.165) is 74.6 Å². The standard InChI is InChI=1S/C31H30F3N3O3.C28H26F3N3O3.CH4O.CH4.ClH.2H2S/c1-29(2)37(18-20-7-5-4-6-8-20)30(19-39-29)14-13-21-9-10-22(15-24(21)17-30)27-35-36-28(40-27)23-11-12-26(38-3)25(16-23)31(32,33)34;1-36-24-10-9-21(14-23(24)28(29,30)31)26-34-33-25(37-26)20-8-7-19-11-12-27(17-35,15-22(19)13-20)32-16-18-5-3-2-4-6-18;1-2;;;;/h4-12,15-16H,13-14,17-19H2,1-3H3;2-10,13-14,32,35H,11-12,15-17H2,1H3;2H,1H3;1H4;1H;2*1H2/t30-;27-;;;;;/m00...../s1. The molecule has 1 aliphatic heterocycles. The van der Waals surface area contributed by atoms with Gasteiger partial charge in [0.2, 0.25) is 23.6 Å². The number of aliphatic hydroxyl groups excluding tert-OH is 2. The summed E-state index contributed by atoms with van der Waals surface area (Å²) in [7, 11) is 3.39. The molecule has 83 heavy (non-hydrogen) atoms. The number of hydrogen-bond donors (Lipinski definition) is 3. The highest BCUT2D eigenvalue weighted by molar-refractivity contribution is 7.59. The number of hydrogen-bond acceptors (Lipinski definition) is 13. The molecule has 446 valence electrons. The third-order valence-electron chi connectivity index (χ3n) is 15.0. The van der Waals surface area contributed by atoms with E-state index in [2.05, 4.69) is 80.9 Å². The number of ether oxygens (including phenoxy) is 3. The van der Waals surface area contributed by atoms with Crippen LogP contribution in [0.3, 0.4) is 0 Å². The predicted molar refractivity (Wildman–Crippen MR) is 318 cm³/mol. The van der Waals surface area contributed by atoms with Crippen LogP contribution in [0.15, 0.2) is 142 Å². The molecule has 13 nitrogen and oxygen atoms in total. The molecule has 1 fully saturated rings. The molecule has 2 aliphatic carbocycles. The lowest BCUT2D eigenvalue weighted by atomic mass is 9.76. The van der Waals surface area contributed by atoms with Crippen molar-refractivity contribution in [3.05, 3.63) is 178 Å². The van der Waals surface area contributed by atoms with E-state index >= 15 is 0 Å².